The molecule has 6 heteroatoms. The summed E-state index contributed by atoms with van der Waals surface area (Å²) >= 11 is 0. The second-order valence-electron chi connectivity index (χ2n) is 4.01. The van der Waals surface area contributed by atoms with Crippen LogP contribution in [0.4, 0.5) is 5.69 Å². The van der Waals surface area contributed by atoms with Crippen LogP contribution >= 0.6 is 0 Å². The molecule has 0 aliphatic heterocycles. The fourth-order valence-corrected chi connectivity index (χ4v) is 2.15. The number of ether oxygens (including phenoxy) is 2. The molecule has 1 N–H and O–H groups in total. The molecule has 0 amide bonds. The molecule has 0 aromatic heterocycles. The van der Waals surface area contributed by atoms with Gasteiger partial charge in [0.25, 0.3) is 0 Å². The van der Waals surface area contributed by atoms with Gasteiger partial charge in [0.05, 0.1) is 20.0 Å². The lowest BCUT2D eigenvalue weighted by Crippen LogP contribution is -2.09. The molecule has 0 atom stereocenters. The molecule has 0 bridgehead atoms. The molecule has 0 saturated carbocycles. The molecule has 1 aromatic carbocycles. The summed E-state index contributed by atoms with van der Waals surface area (Å²) in [5.74, 6) is 1.57. The first-order chi connectivity index (χ1) is 8.44. The summed E-state index contributed by atoms with van der Waals surface area (Å²) in [6.45, 7) is 0.587. The standard InChI is InChI=1S/C12H19NO4S/c1-16-11-7-10(8-12(9-11)17-2)13-5-4-6-18(3,14)15/h7-9,13H,4-6H2,1-3H3. The van der Waals surface area contributed by atoms with Gasteiger partial charge in [0.15, 0.2) is 0 Å². The third-order valence-electron chi connectivity index (χ3n) is 2.37. The molecule has 0 radical (unpaired) electrons. The summed E-state index contributed by atoms with van der Waals surface area (Å²) in [5.41, 5.74) is 0.847. The summed E-state index contributed by atoms with van der Waals surface area (Å²) in [6.07, 6.45) is 1.81. The number of anilines is 1. The van der Waals surface area contributed by atoms with Crippen LogP contribution in [-0.4, -0.2) is 41.2 Å². The van der Waals surface area contributed by atoms with Crippen molar-refractivity contribution in [3.8, 4) is 11.5 Å². The predicted molar refractivity (Wildman–Crippen MR) is 72.4 cm³/mol. The third kappa shape index (κ3) is 5.27. The summed E-state index contributed by atoms with van der Waals surface area (Å²) in [5, 5.41) is 3.14. The largest absolute Gasteiger partial charge is 0.497 e. The quantitative estimate of drug-likeness (QED) is 0.764. The molecular formula is C12H19NO4S. The van der Waals surface area contributed by atoms with Crippen LogP contribution in [0.2, 0.25) is 0 Å². The van der Waals surface area contributed by atoms with Gasteiger partial charge in [0, 0.05) is 36.7 Å². The fraction of sp³-hybridized carbons (Fsp3) is 0.500. The Balaban J connectivity index is 2.56. The average molecular weight is 273 g/mol. The van der Waals surface area contributed by atoms with Crippen LogP contribution in [0.3, 0.4) is 0 Å². The van der Waals surface area contributed by atoms with Crippen molar-refractivity contribution in [1.82, 2.24) is 0 Å². The molecule has 0 spiro atoms. The van der Waals surface area contributed by atoms with Crippen LogP contribution in [0.1, 0.15) is 6.42 Å². The Bertz CT molecular complexity index is 463. The summed E-state index contributed by atoms with van der Waals surface area (Å²) < 4.78 is 32.2. The Hall–Kier alpha value is -1.43. The van der Waals surface area contributed by atoms with Crippen LogP contribution < -0.4 is 14.8 Å². The van der Waals surface area contributed by atoms with Gasteiger partial charge in [-0.05, 0) is 6.42 Å². The van der Waals surface area contributed by atoms with E-state index in [0.717, 1.165) is 5.69 Å². The van der Waals surface area contributed by atoms with E-state index in [2.05, 4.69) is 5.32 Å². The number of sulfone groups is 1. The highest BCUT2D eigenvalue weighted by atomic mass is 32.2. The normalized spacial score (nSPS) is 11.1. The number of rotatable bonds is 7. The van der Waals surface area contributed by atoms with Crippen LogP contribution in [0, 0.1) is 0 Å². The van der Waals surface area contributed by atoms with Gasteiger partial charge in [-0.3, -0.25) is 0 Å². The van der Waals surface area contributed by atoms with E-state index in [1.807, 2.05) is 12.1 Å². The zero-order valence-corrected chi connectivity index (χ0v) is 11.7. The van der Waals surface area contributed by atoms with Gasteiger partial charge >= 0.3 is 0 Å². The molecule has 0 aliphatic rings. The Morgan fingerprint density at radius 3 is 2.11 bits per heavy atom. The molecule has 1 rings (SSSR count). The number of benzene rings is 1. The first-order valence-electron chi connectivity index (χ1n) is 5.59. The highest BCUT2D eigenvalue weighted by molar-refractivity contribution is 7.90. The van der Waals surface area contributed by atoms with Gasteiger partial charge in [-0.25, -0.2) is 8.42 Å². The molecule has 0 fully saturated rings. The lowest BCUT2D eigenvalue weighted by atomic mass is 10.2. The van der Waals surface area contributed by atoms with Crippen molar-refractivity contribution in [3.63, 3.8) is 0 Å². The monoisotopic (exact) mass is 273 g/mol. The topological polar surface area (TPSA) is 64.6 Å². The Labute approximate surface area is 108 Å². The minimum atomic E-state index is -2.89. The molecule has 0 unspecified atom stereocenters. The van der Waals surface area contributed by atoms with E-state index >= 15 is 0 Å². The first kappa shape index (κ1) is 14.6. The lowest BCUT2D eigenvalue weighted by Gasteiger charge is -2.10. The van der Waals surface area contributed by atoms with Gasteiger partial charge < -0.3 is 14.8 Å². The van der Waals surface area contributed by atoms with Gasteiger partial charge in [-0.1, -0.05) is 0 Å². The van der Waals surface area contributed by atoms with E-state index in [-0.39, 0.29) is 5.75 Å². The maximum absolute atomic E-state index is 11.0. The number of hydrogen-bond donors (Lipinski definition) is 1. The molecule has 0 saturated heterocycles. The highest BCUT2D eigenvalue weighted by Crippen LogP contribution is 2.25. The Kier molecular flexibility index (Phi) is 5.27. The van der Waals surface area contributed by atoms with E-state index in [9.17, 15) is 8.42 Å². The van der Waals surface area contributed by atoms with Gasteiger partial charge in [0.2, 0.25) is 0 Å². The van der Waals surface area contributed by atoms with E-state index < -0.39 is 9.84 Å². The smallest absolute Gasteiger partial charge is 0.147 e. The van der Waals surface area contributed by atoms with Crippen LogP contribution in [-0.2, 0) is 9.84 Å². The maximum atomic E-state index is 11.0. The third-order valence-corrected chi connectivity index (χ3v) is 3.40. The molecule has 1 aromatic rings. The van der Waals surface area contributed by atoms with Crippen molar-refractivity contribution in [1.29, 1.82) is 0 Å². The summed E-state index contributed by atoms with van der Waals surface area (Å²) in [4.78, 5) is 0. The zero-order chi connectivity index (χ0) is 13.6. The number of nitrogens with one attached hydrogen (secondary N) is 1. The highest BCUT2D eigenvalue weighted by Gasteiger charge is 2.03. The van der Waals surface area contributed by atoms with Gasteiger partial charge in [-0.15, -0.1) is 0 Å². The predicted octanol–water partition coefficient (Wildman–Crippen LogP) is 1.55. The maximum Gasteiger partial charge on any atom is 0.147 e. The fourth-order valence-electron chi connectivity index (χ4n) is 1.48. The van der Waals surface area contributed by atoms with Gasteiger partial charge in [0.1, 0.15) is 21.3 Å². The van der Waals surface area contributed by atoms with E-state index in [1.54, 1.807) is 20.3 Å². The van der Waals surface area contributed by atoms with E-state index in [1.165, 1.54) is 6.26 Å². The molecule has 0 aliphatic carbocycles. The Morgan fingerprint density at radius 1 is 1.11 bits per heavy atom. The van der Waals surface area contributed by atoms with E-state index in [4.69, 9.17) is 9.47 Å². The zero-order valence-electron chi connectivity index (χ0n) is 10.9. The molecular weight excluding hydrogens is 254 g/mol. The van der Waals surface area contributed by atoms with Crippen molar-refractivity contribution in [2.75, 3.05) is 38.1 Å². The minimum Gasteiger partial charge on any atom is -0.497 e. The SMILES string of the molecule is COc1cc(NCCCS(C)(=O)=O)cc(OC)c1. The van der Waals surface area contributed by atoms with Crippen LogP contribution in [0.15, 0.2) is 18.2 Å². The Morgan fingerprint density at radius 2 is 1.67 bits per heavy atom. The van der Waals surface area contributed by atoms with Crippen molar-refractivity contribution in [3.05, 3.63) is 18.2 Å². The van der Waals surface area contributed by atoms with Gasteiger partial charge in [-0.2, -0.15) is 0 Å². The molecule has 102 valence electrons. The average Bonchev–Trinajstić information content (AvgIpc) is 2.33. The lowest BCUT2D eigenvalue weighted by molar-refractivity contribution is 0.394. The number of hydrogen-bond acceptors (Lipinski definition) is 5. The molecule has 5 nitrogen and oxygen atoms in total. The van der Waals surface area contributed by atoms with Crippen LogP contribution in [0.5, 0.6) is 11.5 Å². The second-order valence-corrected chi connectivity index (χ2v) is 6.27. The first-order valence-corrected chi connectivity index (χ1v) is 7.65. The van der Waals surface area contributed by atoms with Crippen molar-refractivity contribution in [2.45, 2.75) is 6.42 Å². The van der Waals surface area contributed by atoms with Crippen molar-refractivity contribution >= 4 is 15.5 Å². The molecule has 18 heavy (non-hydrogen) atoms. The van der Waals surface area contributed by atoms with Crippen molar-refractivity contribution in [2.24, 2.45) is 0 Å². The summed E-state index contributed by atoms with van der Waals surface area (Å²) in [7, 11) is 0.277. The summed E-state index contributed by atoms with van der Waals surface area (Å²) in [6, 6.07) is 5.45. The van der Waals surface area contributed by atoms with E-state index in [0.29, 0.717) is 24.5 Å². The number of methoxy groups -OCH3 is 2. The van der Waals surface area contributed by atoms with Crippen molar-refractivity contribution < 1.29 is 17.9 Å². The van der Waals surface area contributed by atoms with Crippen LogP contribution in [0.25, 0.3) is 0 Å². The minimum absolute atomic E-state index is 0.182. The second kappa shape index (κ2) is 6.49. The molecule has 0 heterocycles.